The number of ether oxygens (including phenoxy) is 3. The zero-order valence-electron chi connectivity index (χ0n) is 15.2. The minimum Gasteiger partial charge on any atom is -0.458 e. The van der Waals surface area contributed by atoms with Gasteiger partial charge in [-0.25, -0.2) is 9.59 Å². The van der Waals surface area contributed by atoms with E-state index in [1.54, 1.807) is 4.90 Å². The van der Waals surface area contributed by atoms with Gasteiger partial charge < -0.3 is 19.1 Å². The van der Waals surface area contributed by atoms with E-state index in [1.165, 1.54) is 0 Å². The van der Waals surface area contributed by atoms with Gasteiger partial charge in [0.2, 0.25) is 0 Å². The molecule has 1 unspecified atom stereocenters. The molecule has 1 fully saturated rings. The second-order valence-electron chi connectivity index (χ2n) is 7.15. The molecule has 1 aliphatic rings. The van der Waals surface area contributed by atoms with Crippen LogP contribution < -0.4 is 0 Å². The highest BCUT2D eigenvalue weighted by Crippen LogP contribution is 2.15. The first-order valence-corrected chi connectivity index (χ1v) is 8.62. The van der Waals surface area contributed by atoms with Crippen LogP contribution in [0.5, 0.6) is 0 Å². The highest BCUT2D eigenvalue weighted by Gasteiger charge is 2.26. The van der Waals surface area contributed by atoms with E-state index < -0.39 is 11.6 Å². The van der Waals surface area contributed by atoms with Crippen molar-refractivity contribution in [3.63, 3.8) is 0 Å². The number of benzene rings is 1. The van der Waals surface area contributed by atoms with Gasteiger partial charge >= 0.3 is 12.1 Å². The van der Waals surface area contributed by atoms with Crippen LogP contribution >= 0.6 is 0 Å². The van der Waals surface area contributed by atoms with Crippen molar-refractivity contribution in [3.05, 3.63) is 35.9 Å². The summed E-state index contributed by atoms with van der Waals surface area (Å²) < 4.78 is 16.2. The van der Waals surface area contributed by atoms with E-state index in [1.807, 2.05) is 51.1 Å². The lowest BCUT2D eigenvalue weighted by atomic mass is 10.1. The van der Waals surface area contributed by atoms with Crippen LogP contribution in [0.15, 0.2) is 30.3 Å². The van der Waals surface area contributed by atoms with Crippen LogP contribution in [0.4, 0.5) is 4.79 Å². The van der Waals surface area contributed by atoms with Crippen LogP contribution in [0.3, 0.4) is 0 Å². The van der Waals surface area contributed by atoms with E-state index in [0.29, 0.717) is 13.1 Å². The molecule has 25 heavy (non-hydrogen) atoms. The van der Waals surface area contributed by atoms with Crippen LogP contribution in [0.25, 0.3) is 0 Å². The third-order valence-corrected chi connectivity index (χ3v) is 3.70. The maximum Gasteiger partial charge on any atom is 0.410 e. The van der Waals surface area contributed by atoms with Gasteiger partial charge in [-0.15, -0.1) is 0 Å². The molecule has 1 aromatic carbocycles. The minimum atomic E-state index is -0.527. The van der Waals surface area contributed by atoms with E-state index in [0.717, 1.165) is 18.4 Å². The van der Waals surface area contributed by atoms with Gasteiger partial charge in [0.05, 0.1) is 12.6 Å². The molecule has 6 nitrogen and oxygen atoms in total. The number of hydrogen-bond donors (Lipinski definition) is 0. The van der Waals surface area contributed by atoms with Crippen molar-refractivity contribution in [1.82, 2.24) is 4.90 Å². The molecule has 0 aliphatic carbocycles. The Morgan fingerprint density at radius 1 is 1.20 bits per heavy atom. The van der Waals surface area contributed by atoms with Gasteiger partial charge in [0.15, 0.2) is 0 Å². The monoisotopic (exact) mass is 349 g/mol. The van der Waals surface area contributed by atoms with Crippen LogP contribution in [0, 0.1) is 0 Å². The van der Waals surface area contributed by atoms with E-state index in [4.69, 9.17) is 14.2 Å². The largest absolute Gasteiger partial charge is 0.458 e. The average Bonchev–Trinajstić information content (AvgIpc) is 2.57. The lowest BCUT2D eigenvalue weighted by molar-refractivity contribution is -0.163. The van der Waals surface area contributed by atoms with E-state index in [-0.39, 0.29) is 25.4 Å². The highest BCUT2D eigenvalue weighted by molar-refractivity contribution is 5.71. The summed E-state index contributed by atoms with van der Waals surface area (Å²) in [6.45, 7) is 6.66. The van der Waals surface area contributed by atoms with Crippen LogP contribution in [0.2, 0.25) is 0 Å². The van der Waals surface area contributed by atoms with Crippen LogP contribution in [-0.2, 0) is 25.6 Å². The van der Waals surface area contributed by atoms with Crippen LogP contribution in [-0.4, -0.2) is 48.4 Å². The normalized spacial score (nSPS) is 17.9. The number of rotatable bonds is 5. The van der Waals surface area contributed by atoms with E-state index in [2.05, 4.69) is 0 Å². The molecule has 1 aliphatic heterocycles. The Hall–Kier alpha value is -2.08. The summed E-state index contributed by atoms with van der Waals surface area (Å²) in [5.41, 5.74) is 0.422. The summed E-state index contributed by atoms with van der Waals surface area (Å²) in [7, 11) is 0. The summed E-state index contributed by atoms with van der Waals surface area (Å²) in [5.74, 6) is -0.392. The van der Waals surface area contributed by atoms with E-state index >= 15 is 0 Å². The molecular formula is C19H27NO5. The number of nitrogens with zero attached hydrogens (tertiary/aromatic N) is 1. The molecule has 0 bridgehead atoms. The first-order chi connectivity index (χ1) is 11.8. The molecule has 0 spiro atoms. The Morgan fingerprint density at radius 2 is 1.92 bits per heavy atom. The second-order valence-corrected chi connectivity index (χ2v) is 7.15. The van der Waals surface area contributed by atoms with Crippen molar-refractivity contribution >= 4 is 12.1 Å². The fourth-order valence-electron chi connectivity index (χ4n) is 2.61. The molecule has 0 radical (unpaired) electrons. The third kappa shape index (κ3) is 7.13. The number of amides is 1. The number of hydrogen-bond acceptors (Lipinski definition) is 5. The quantitative estimate of drug-likeness (QED) is 0.764. The third-order valence-electron chi connectivity index (χ3n) is 3.70. The number of carbonyl (C=O) groups is 2. The summed E-state index contributed by atoms with van der Waals surface area (Å²) >= 11 is 0. The summed E-state index contributed by atoms with van der Waals surface area (Å²) in [5, 5.41) is 0. The number of carbonyl (C=O) groups excluding carboxylic acids is 2. The van der Waals surface area contributed by atoms with Crippen molar-refractivity contribution < 1.29 is 23.8 Å². The van der Waals surface area contributed by atoms with Gasteiger partial charge in [0, 0.05) is 6.54 Å². The van der Waals surface area contributed by atoms with E-state index in [9.17, 15) is 9.59 Å². The predicted octanol–water partition coefficient (Wildman–Crippen LogP) is 3.15. The molecule has 1 atom stereocenters. The maximum absolute atomic E-state index is 12.2. The fourth-order valence-corrected chi connectivity index (χ4v) is 2.61. The lowest BCUT2D eigenvalue weighted by Crippen LogP contribution is -2.44. The van der Waals surface area contributed by atoms with Crippen molar-refractivity contribution in [2.75, 3.05) is 19.7 Å². The Bertz CT molecular complexity index is 567. The molecule has 0 N–H and O–H groups in total. The van der Waals surface area contributed by atoms with Gasteiger partial charge in [-0.3, -0.25) is 0 Å². The Labute approximate surface area is 149 Å². The van der Waals surface area contributed by atoms with Gasteiger partial charge in [0.25, 0.3) is 0 Å². The second kappa shape index (κ2) is 8.85. The molecule has 1 saturated heterocycles. The first-order valence-electron chi connectivity index (χ1n) is 8.62. The molecule has 2 rings (SSSR count). The standard InChI is InChI=1S/C19H27NO5/c1-19(2,3)25-17(21)14-23-16-10-7-11-20(12-16)18(22)24-13-15-8-5-4-6-9-15/h4-6,8-9,16H,7,10-14H2,1-3H3. The van der Waals surface area contributed by atoms with Gasteiger partial charge in [0.1, 0.15) is 18.8 Å². The molecule has 6 heteroatoms. The smallest absolute Gasteiger partial charge is 0.410 e. The fraction of sp³-hybridized carbons (Fsp3) is 0.579. The van der Waals surface area contributed by atoms with Crippen molar-refractivity contribution in [1.29, 1.82) is 0 Å². The first kappa shape index (κ1) is 19.2. The summed E-state index contributed by atoms with van der Waals surface area (Å²) in [6, 6.07) is 9.56. The SMILES string of the molecule is CC(C)(C)OC(=O)COC1CCCN(C(=O)OCc2ccccc2)C1. The molecule has 0 aromatic heterocycles. The van der Waals surface area contributed by atoms with Crippen molar-refractivity contribution in [2.45, 2.75) is 51.9 Å². The van der Waals surface area contributed by atoms with Gasteiger partial charge in [-0.1, -0.05) is 30.3 Å². The molecule has 1 amide bonds. The molecular weight excluding hydrogens is 322 g/mol. The van der Waals surface area contributed by atoms with Gasteiger partial charge in [-0.05, 0) is 39.2 Å². The predicted molar refractivity (Wildman–Crippen MR) is 93.0 cm³/mol. The number of likely N-dealkylation sites (tertiary alicyclic amines) is 1. The maximum atomic E-state index is 12.2. The topological polar surface area (TPSA) is 65.1 Å². The zero-order chi connectivity index (χ0) is 18.3. The molecule has 138 valence electrons. The average molecular weight is 349 g/mol. The minimum absolute atomic E-state index is 0.102. The zero-order valence-corrected chi connectivity index (χ0v) is 15.2. The highest BCUT2D eigenvalue weighted by atomic mass is 16.6. The number of esters is 1. The summed E-state index contributed by atoms with van der Waals surface area (Å²) in [4.78, 5) is 25.6. The van der Waals surface area contributed by atoms with Crippen molar-refractivity contribution in [2.24, 2.45) is 0 Å². The Balaban J connectivity index is 1.74. The lowest BCUT2D eigenvalue weighted by Gasteiger charge is -2.32. The summed E-state index contributed by atoms with van der Waals surface area (Å²) in [6.07, 6.45) is 1.10. The van der Waals surface area contributed by atoms with Gasteiger partial charge in [-0.2, -0.15) is 0 Å². The Kier molecular flexibility index (Phi) is 6.82. The van der Waals surface area contributed by atoms with Crippen molar-refractivity contribution in [3.8, 4) is 0 Å². The molecule has 1 heterocycles. The number of piperidine rings is 1. The molecule has 1 aromatic rings. The van der Waals surface area contributed by atoms with Crippen LogP contribution in [0.1, 0.15) is 39.2 Å². The Morgan fingerprint density at radius 3 is 2.60 bits per heavy atom. The molecule has 0 saturated carbocycles.